The number of hydrogen-bond donors (Lipinski definition) is 1. The van der Waals surface area contributed by atoms with Gasteiger partial charge in [0.05, 0.1) is 0 Å². The van der Waals surface area contributed by atoms with Gasteiger partial charge in [-0.2, -0.15) is 0 Å². The predicted molar refractivity (Wildman–Crippen MR) is 101 cm³/mol. The van der Waals surface area contributed by atoms with E-state index >= 15 is 0 Å². The van der Waals surface area contributed by atoms with Crippen LogP contribution in [0.2, 0.25) is 0 Å². The molecule has 26 heavy (non-hydrogen) atoms. The molecule has 1 aromatic rings. The first kappa shape index (κ1) is 19.3. The summed E-state index contributed by atoms with van der Waals surface area (Å²) >= 11 is 0. The summed E-state index contributed by atoms with van der Waals surface area (Å²) in [6.45, 7) is 3.10. The molecule has 0 bridgehead atoms. The zero-order valence-electron chi connectivity index (χ0n) is 15.9. The molecule has 1 saturated heterocycles. The molecular weight excluding hydrogens is 329 g/mol. The summed E-state index contributed by atoms with van der Waals surface area (Å²) < 4.78 is 13.4. The molecule has 0 radical (unpaired) electrons. The number of rotatable bonds is 6. The van der Waals surface area contributed by atoms with Crippen LogP contribution >= 0.6 is 0 Å². The van der Waals surface area contributed by atoms with E-state index in [-0.39, 0.29) is 23.7 Å². The van der Waals surface area contributed by atoms with Gasteiger partial charge in [-0.25, -0.2) is 4.39 Å². The lowest BCUT2D eigenvalue weighted by molar-refractivity contribution is -0.140. The number of amides is 1. The third-order valence-corrected chi connectivity index (χ3v) is 6.73. The number of aliphatic hydroxyl groups excluding tert-OH is 1. The molecule has 1 aliphatic heterocycles. The number of carbonyl (C=O) groups is 1. The van der Waals surface area contributed by atoms with Crippen LogP contribution < -0.4 is 0 Å². The highest BCUT2D eigenvalue weighted by Gasteiger charge is 2.42. The first-order valence-electron chi connectivity index (χ1n) is 10.2. The molecule has 1 aromatic carbocycles. The lowest BCUT2D eigenvalue weighted by Crippen LogP contribution is -2.52. The van der Waals surface area contributed by atoms with Gasteiger partial charge in [-0.3, -0.25) is 4.79 Å². The molecule has 1 amide bonds. The number of hydrogen-bond acceptors (Lipinski definition) is 2. The first-order chi connectivity index (χ1) is 12.6. The van der Waals surface area contributed by atoms with Gasteiger partial charge in [0, 0.05) is 31.0 Å². The largest absolute Gasteiger partial charge is 0.396 e. The number of halogens is 1. The Labute approximate surface area is 156 Å². The zero-order valence-corrected chi connectivity index (χ0v) is 15.9. The number of likely N-dealkylation sites (tertiary alicyclic amines) is 1. The Bertz CT molecular complexity index is 597. The Morgan fingerprint density at radius 2 is 1.92 bits per heavy atom. The molecule has 2 atom stereocenters. The van der Waals surface area contributed by atoms with E-state index in [1.54, 1.807) is 0 Å². The molecule has 1 heterocycles. The minimum absolute atomic E-state index is 0.124. The van der Waals surface area contributed by atoms with Crippen molar-refractivity contribution in [2.24, 2.45) is 5.92 Å². The van der Waals surface area contributed by atoms with Crippen molar-refractivity contribution in [2.45, 2.75) is 76.2 Å². The minimum Gasteiger partial charge on any atom is -0.396 e. The lowest BCUT2D eigenvalue weighted by atomic mass is 9.69. The van der Waals surface area contributed by atoms with Crippen molar-refractivity contribution in [1.29, 1.82) is 0 Å². The van der Waals surface area contributed by atoms with Crippen LogP contribution in [0.1, 0.15) is 70.3 Å². The first-order valence-corrected chi connectivity index (χ1v) is 10.2. The highest BCUT2D eigenvalue weighted by atomic mass is 19.1. The van der Waals surface area contributed by atoms with Crippen molar-refractivity contribution in [2.75, 3.05) is 13.2 Å². The van der Waals surface area contributed by atoms with Gasteiger partial charge in [-0.1, -0.05) is 31.4 Å². The molecule has 3 rings (SSSR count). The Morgan fingerprint density at radius 3 is 2.54 bits per heavy atom. The quantitative estimate of drug-likeness (QED) is 0.814. The third kappa shape index (κ3) is 4.11. The molecule has 3 nitrogen and oxygen atoms in total. The van der Waals surface area contributed by atoms with Crippen LogP contribution in [0.4, 0.5) is 4.39 Å². The van der Waals surface area contributed by atoms with Crippen molar-refractivity contribution in [3.05, 3.63) is 35.6 Å². The maximum Gasteiger partial charge on any atom is 0.223 e. The standard InChI is InChI=1S/C22H32FNO2/c1-17(18-6-3-2-4-7-18)24-14-13-22(12-5-15-25,16-21(24)26)19-8-10-20(23)11-9-19/h8-11,17-18,25H,2-7,12-16H2,1H3/t17-,22?/m0/s1. The Hall–Kier alpha value is -1.42. The van der Waals surface area contributed by atoms with Gasteiger partial charge >= 0.3 is 0 Å². The molecule has 2 aliphatic rings. The van der Waals surface area contributed by atoms with Crippen LogP contribution in [-0.2, 0) is 10.2 Å². The van der Waals surface area contributed by atoms with Crippen LogP contribution in [0, 0.1) is 11.7 Å². The molecule has 0 aromatic heterocycles. The van der Waals surface area contributed by atoms with E-state index in [0.29, 0.717) is 24.8 Å². The van der Waals surface area contributed by atoms with Crippen molar-refractivity contribution >= 4 is 5.91 Å². The van der Waals surface area contributed by atoms with Gasteiger partial charge in [-0.15, -0.1) is 0 Å². The van der Waals surface area contributed by atoms with Gasteiger partial charge in [-0.05, 0) is 62.6 Å². The van der Waals surface area contributed by atoms with Gasteiger partial charge in [0.25, 0.3) is 0 Å². The van der Waals surface area contributed by atoms with Crippen LogP contribution in [0.25, 0.3) is 0 Å². The summed E-state index contributed by atoms with van der Waals surface area (Å²) in [6, 6.07) is 6.92. The van der Waals surface area contributed by atoms with E-state index in [1.165, 1.54) is 44.2 Å². The fourth-order valence-electron chi connectivity index (χ4n) is 5.07. The van der Waals surface area contributed by atoms with E-state index in [9.17, 15) is 14.3 Å². The second-order valence-corrected chi connectivity index (χ2v) is 8.27. The Balaban J connectivity index is 1.75. The van der Waals surface area contributed by atoms with Crippen LogP contribution in [0.3, 0.4) is 0 Å². The number of nitrogens with zero attached hydrogens (tertiary/aromatic N) is 1. The van der Waals surface area contributed by atoms with Crippen LogP contribution in [-0.4, -0.2) is 35.1 Å². The Kier molecular flexibility index (Phi) is 6.33. The van der Waals surface area contributed by atoms with E-state index in [4.69, 9.17) is 0 Å². The van der Waals surface area contributed by atoms with Gasteiger partial charge in [0.15, 0.2) is 0 Å². The molecule has 1 unspecified atom stereocenters. The maximum absolute atomic E-state index is 13.4. The fraction of sp³-hybridized carbons (Fsp3) is 0.682. The summed E-state index contributed by atoms with van der Waals surface area (Å²) in [5, 5.41) is 9.32. The number of carbonyl (C=O) groups excluding carboxylic acids is 1. The van der Waals surface area contributed by atoms with Crippen LogP contribution in [0.15, 0.2) is 24.3 Å². The predicted octanol–water partition coefficient (Wildman–Crippen LogP) is 4.43. The topological polar surface area (TPSA) is 40.5 Å². The molecule has 144 valence electrons. The van der Waals surface area contributed by atoms with Crippen molar-refractivity contribution < 1.29 is 14.3 Å². The number of piperidine rings is 1. The smallest absolute Gasteiger partial charge is 0.223 e. The molecule has 1 aliphatic carbocycles. The monoisotopic (exact) mass is 361 g/mol. The number of benzene rings is 1. The van der Waals surface area contributed by atoms with E-state index in [1.807, 2.05) is 12.1 Å². The zero-order chi connectivity index (χ0) is 18.6. The molecule has 1 N–H and O–H groups in total. The highest BCUT2D eigenvalue weighted by molar-refractivity contribution is 5.79. The molecule has 2 fully saturated rings. The minimum atomic E-state index is -0.268. The van der Waals surface area contributed by atoms with Gasteiger partial charge in [0.2, 0.25) is 5.91 Å². The normalized spacial score (nSPS) is 26.1. The summed E-state index contributed by atoms with van der Waals surface area (Å²) in [5.41, 5.74) is 0.765. The van der Waals surface area contributed by atoms with E-state index in [2.05, 4.69) is 11.8 Å². The average Bonchev–Trinajstić information content (AvgIpc) is 2.67. The molecule has 0 spiro atoms. The lowest BCUT2D eigenvalue weighted by Gasteiger charge is -2.46. The second-order valence-electron chi connectivity index (χ2n) is 8.27. The molecule has 4 heteroatoms. The molecule has 1 saturated carbocycles. The maximum atomic E-state index is 13.4. The molecular formula is C22H32FNO2. The number of aliphatic hydroxyl groups is 1. The van der Waals surface area contributed by atoms with Crippen molar-refractivity contribution in [3.63, 3.8) is 0 Å². The SMILES string of the molecule is C[C@@H](C1CCCCC1)N1CCC(CCCO)(c2ccc(F)cc2)CC1=O. The van der Waals surface area contributed by atoms with Gasteiger partial charge in [0.1, 0.15) is 5.82 Å². The average molecular weight is 362 g/mol. The summed E-state index contributed by atoms with van der Waals surface area (Å²) in [7, 11) is 0. The van der Waals surface area contributed by atoms with Crippen molar-refractivity contribution in [1.82, 2.24) is 4.90 Å². The van der Waals surface area contributed by atoms with E-state index < -0.39 is 0 Å². The van der Waals surface area contributed by atoms with Gasteiger partial charge < -0.3 is 10.0 Å². The van der Waals surface area contributed by atoms with E-state index in [0.717, 1.165) is 24.9 Å². The summed E-state index contributed by atoms with van der Waals surface area (Å²) in [5.74, 6) is 0.598. The third-order valence-electron chi connectivity index (χ3n) is 6.73. The fourth-order valence-corrected chi connectivity index (χ4v) is 5.07. The summed E-state index contributed by atoms with van der Waals surface area (Å²) in [6.07, 6.45) is 9.16. The van der Waals surface area contributed by atoms with Crippen LogP contribution in [0.5, 0.6) is 0 Å². The Morgan fingerprint density at radius 1 is 1.23 bits per heavy atom. The van der Waals surface area contributed by atoms with Crippen molar-refractivity contribution in [3.8, 4) is 0 Å². The summed E-state index contributed by atoms with van der Waals surface area (Å²) in [4.78, 5) is 15.2. The highest BCUT2D eigenvalue weighted by Crippen LogP contribution is 2.42. The second kappa shape index (κ2) is 8.51.